The molecule has 3 aromatic heterocycles. The summed E-state index contributed by atoms with van der Waals surface area (Å²) in [5, 5.41) is 8.54. The van der Waals surface area contributed by atoms with Gasteiger partial charge in [-0.25, -0.2) is 13.9 Å². The number of aromatic nitrogens is 6. The third-order valence-corrected chi connectivity index (χ3v) is 3.98. The third-order valence-electron chi connectivity index (χ3n) is 2.95. The van der Waals surface area contributed by atoms with Crippen LogP contribution in [0, 0.1) is 6.92 Å². The first-order valence-corrected chi connectivity index (χ1v) is 6.44. The summed E-state index contributed by atoms with van der Waals surface area (Å²) in [6, 6.07) is 0. The van der Waals surface area contributed by atoms with Gasteiger partial charge in [-0.2, -0.15) is 5.10 Å². The Labute approximate surface area is 116 Å². The molecule has 7 nitrogen and oxygen atoms in total. The number of halogens is 1. The molecule has 98 valence electrons. The van der Waals surface area contributed by atoms with Gasteiger partial charge in [-0.15, -0.1) is 5.10 Å². The van der Waals surface area contributed by atoms with Crippen LogP contribution >= 0.6 is 15.9 Å². The molecule has 0 aliphatic heterocycles. The second-order valence-corrected chi connectivity index (χ2v) is 5.01. The fourth-order valence-electron chi connectivity index (χ4n) is 1.98. The van der Waals surface area contributed by atoms with Gasteiger partial charge >= 0.3 is 5.69 Å². The molecule has 0 saturated heterocycles. The Hall–Kier alpha value is -1.96. The van der Waals surface area contributed by atoms with E-state index in [4.69, 9.17) is 0 Å². The summed E-state index contributed by atoms with van der Waals surface area (Å²) in [6.45, 7) is 2.27. The van der Waals surface area contributed by atoms with E-state index in [9.17, 15) is 4.79 Å². The van der Waals surface area contributed by atoms with Gasteiger partial charge in [0.25, 0.3) is 0 Å². The van der Waals surface area contributed by atoms with Crippen LogP contribution in [0.25, 0.3) is 5.65 Å². The fourth-order valence-corrected chi connectivity index (χ4v) is 2.44. The van der Waals surface area contributed by atoms with Crippen LogP contribution in [-0.2, 0) is 13.6 Å². The lowest BCUT2D eigenvalue weighted by molar-refractivity contribution is 0.601. The maximum atomic E-state index is 12.2. The standard InChI is InChI=1S/C11H11BrN6O/c1-7-10(12)8(16(2)14-7)6-18-11(19)17-4-3-13-5-9(17)15-18/h3-5H,6H2,1-2H3. The molecule has 8 heteroatoms. The Bertz CT molecular complexity index is 814. The van der Waals surface area contributed by atoms with Gasteiger partial charge < -0.3 is 0 Å². The second kappa shape index (κ2) is 4.30. The van der Waals surface area contributed by atoms with E-state index in [2.05, 4.69) is 31.1 Å². The van der Waals surface area contributed by atoms with Crippen molar-refractivity contribution in [3.05, 3.63) is 44.9 Å². The van der Waals surface area contributed by atoms with Gasteiger partial charge in [0.15, 0.2) is 5.65 Å². The van der Waals surface area contributed by atoms with Crippen molar-refractivity contribution in [2.24, 2.45) is 7.05 Å². The van der Waals surface area contributed by atoms with Gasteiger partial charge in [0.1, 0.15) is 0 Å². The smallest absolute Gasteiger partial charge is 0.269 e. The molecule has 0 aliphatic rings. The highest BCUT2D eigenvalue weighted by Crippen LogP contribution is 2.20. The normalized spacial score (nSPS) is 11.3. The molecule has 0 atom stereocenters. The maximum absolute atomic E-state index is 12.2. The fraction of sp³-hybridized carbons (Fsp3) is 0.273. The summed E-state index contributed by atoms with van der Waals surface area (Å²) >= 11 is 3.48. The number of hydrogen-bond acceptors (Lipinski definition) is 4. The molecule has 0 saturated carbocycles. The second-order valence-electron chi connectivity index (χ2n) is 4.21. The minimum Gasteiger partial charge on any atom is -0.269 e. The zero-order valence-corrected chi connectivity index (χ0v) is 12.0. The van der Waals surface area contributed by atoms with Crippen LogP contribution in [0.4, 0.5) is 0 Å². The van der Waals surface area contributed by atoms with E-state index < -0.39 is 0 Å². The number of fused-ring (bicyclic) bond motifs is 1. The average Bonchev–Trinajstić information content (AvgIpc) is 2.83. The zero-order valence-electron chi connectivity index (χ0n) is 10.4. The van der Waals surface area contributed by atoms with Crippen molar-refractivity contribution in [2.75, 3.05) is 0 Å². The van der Waals surface area contributed by atoms with E-state index in [1.807, 2.05) is 14.0 Å². The van der Waals surface area contributed by atoms with Crippen LogP contribution in [0.2, 0.25) is 0 Å². The summed E-state index contributed by atoms with van der Waals surface area (Å²) in [4.78, 5) is 16.1. The van der Waals surface area contributed by atoms with Gasteiger partial charge in [0, 0.05) is 19.4 Å². The molecule has 0 aromatic carbocycles. The van der Waals surface area contributed by atoms with E-state index in [1.54, 1.807) is 23.3 Å². The number of rotatable bonds is 2. The number of aryl methyl sites for hydroxylation is 2. The van der Waals surface area contributed by atoms with Crippen molar-refractivity contribution in [1.82, 2.24) is 28.9 Å². The van der Waals surface area contributed by atoms with E-state index in [-0.39, 0.29) is 5.69 Å². The van der Waals surface area contributed by atoms with Crippen molar-refractivity contribution in [3.63, 3.8) is 0 Å². The molecule has 0 amide bonds. The molecular formula is C11H11BrN6O. The molecule has 19 heavy (non-hydrogen) atoms. The molecule has 3 rings (SSSR count). The minimum atomic E-state index is -0.192. The van der Waals surface area contributed by atoms with Gasteiger partial charge in [-0.1, -0.05) is 0 Å². The maximum Gasteiger partial charge on any atom is 0.350 e. The minimum absolute atomic E-state index is 0.192. The summed E-state index contributed by atoms with van der Waals surface area (Å²) in [6.07, 6.45) is 4.72. The molecule has 0 fully saturated rings. The first kappa shape index (κ1) is 12.1. The van der Waals surface area contributed by atoms with Crippen molar-refractivity contribution in [3.8, 4) is 0 Å². The van der Waals surface area contributed by atoms with Crippen molar-refractivity contribution in [2.45, 2.75) is 13.5 Å². The summed E-state index contributed by atoms with van der Waals surface area (Å²) in [5.74, 6) is 0. The Kier molecular flexibility index (Phi) is 2.74. The molecular weight excluding hydrogens is 312 g/mol. The highest BCUT2D eigenvalue weighted by Gasteiger charge is 2.14. The molecule has 0 radical (unpaired) electrons. The van der Waals surface area contributed by atoms with Crippen molar-refractivity contribution in [1.29, 1.82) is 0 Å². The number of hydrogen-bond donors (Lipinski definition) is 0. The molecule has 0 spiro atoms. The Morgan fingerprint density at radius 1 is 1.37 bits per heavy atom. The SMILES string of the molecule is Cc1nn(C)c(Cn2nc3cnccn3c2=O)c1Br. The monoisotopic (exact) mass is 322 g/mol. The lowest BCUT2D eigenvalue weighted by Gasteiger charge is -2.01. The Morgan fingerprint density at radius 2 is 2.16 bits per heavy atom. The van der Waals surface area contributed by atoms with Crippen LogP contribution in [-0.4, -0.2) is 28.9 Å². The first-order chi connectivity index (χ1) is 9.08. The van der Waals surface area contributed by atoms with E-state index in [1.165, 1.54) is 9.08 Å². The molecule has 0 N–H and O–H groups in total. The summed E-state index contributed by atoms with van der Waals surface area (Å²) < 4.78 is 5.51. The van der Waals surface area contributed by atoms with Gasteiger partial charge in [0.05, 0.1) is 28.6 Å². The molecule has 0 unspecified atom stereocenters. The lowest BCUT2D eigenvalue weighted by atomic mass is 10.4. The quantitative estimate of drug-likeness (QED) is 0.698. The van der Waals surface area contributed by atoms with E-state index in [0.717, 1.165) is 15.9 Å². The van der Waals surface area contributed by atoms with Crippen LogP contribution < -0.4 is 5.69 Å². The molecule has 0 aliphatic carbocycles. The Morgan fingerprint density at radius 3 is 2.79 bits per heavy atom. The molecule has 0 bridgehead atoms. The average molecular weight is 323 g/mol. The highest BCUT2D eigenvalue weighted by atomic mass is 79.9. The molecule has 3 heterocycles. The first-order valence-electron chi connectivity index (χ1n) is 5.65. The van der Waals surface area contributed by atoms with Crippen LogP contribution in [0.15, 0.2) is 27.9 Å². The summed E-state index contributed by atoms with van der Waals surface area (Å²) in [7, 11) is 1.84. The third kappa shape index (κ3) is 1.88. The van der Waals surface area contributed by atoms with Crippen LogP contribution in [0.1, 0.15) is 11.4 Å². The van der Waals surface area contributed by atoms with E-state index >= 15 is 0 Å². The lowest BCUT2D eigenvalue weighted by Crippen LogP contribution is -2.22. The van der Waals surface area contributed by atoms with Crippen LogP contribution in [0.5, 0.6) is 0 Å². The van der Waals surface area contributed by atoms with Crippen molar-refractivity contribution < 1.29 is 0 Å². The van der Waals surface area contributed by atoms with Gasteiger partial charge in [0.2, 0.25) is 0 Å². The molecule has 3 aromatic rings. The highest BCUT2D eigenvalue weighted by molar-refractivity contribution is 9.10. The zero-order chi connectivity index (χ0) is 13.6. The largest absolute Gasteiger partial charge is 0.350 e. The topological polar surface area (TPSA) is 70.0 Å². The van der Waals surface area contributed by atoms with E-state index in [0.29, 0.717) is 12.2 Å². The predicted molar refractivity (Wildman–Crippen MR) is 72.0 cm³/mol. The van der Waals surface area contributed by atoms with Crippen molar-refractivity contribution >= 4 is 21.6 Å². The van der Waals surface area contributed by atoms with Gasteiger partial charge in [-0.05, 0) is 22.9 Å². The van der Waals surface area contributed by atoms with Gasteiger partial charge in [-0.3, -0.25) is 9.67 Å². The summed E-state index contributed by atoms with van der Waals surface area (Å²) in [5.41, 5.74) is 2.12. The Balaban J connectivity index is 2.11. The number of nitrogens with zero attached hydrogens (tertiary/aromatic N) is 6. The van der Waals surface area contributed by atoms with Crippen LogP contribution in [0.3, 0.4) is 0 Å². The predicted octanol–water partition coefficient (Wildman–Crippen LogP) is 0.744.